The molecule has 1 aromatic carbocycles. The second-order valence-corrected chi connectivity index (χ2v) is 6.26. The van der Waals surface area contributed by atoms with Crippen LogP contribution in [0.5, 0.6) is 0 Å². The predicted molar refractivity (Wildman–Crippen MR) is 84.0 cm³/mol. The van der Waals surface area contributed by atoms with Crippen LogP contribution in [-0.2, 0) is 9.59 Å². The van der Waals surface area contributed by atoms with Gasteiger partial charge in [-0.2, -0.15) is 0 Å². The van der Waals surface area contributed by atoms with Gasteiger partial charge in [-0.15, -0.1) is 0 Å². The van der Waals surface area contributed by atoms with E-state index in [9.17, 15) is 9.59 Å². The lowest BCUT2D eigenvalue weighted by molar-refractivity contribution is -0.144. The van der Waals surface area contributed by atoms with E-state index < -0.39 is 11.8 Å². The first-order chi connectivity index (χ1) is 9.86. The Bertz CT molecular complexity index is 552. The number of hydrogen-bond acceptors (Lipinski definition) is 3. The molecule has 1 aromatic rings. The van der Waals surface area contributed by atoms with Gasteiger partial charge in [0.2, 0.25) is 0 Å². The number of piperidine rings is 1. The molecule has 3 N–H and O–H groups in total. The molecular weight excluding hydrogens is 290 g/mol. The number of halogens is 1. The fourth-order valence-electron chi connectivity index (χ4n) is 2.78. The molecule has 2 atom stereocenters. The summed E-state index contributed by atoms with van der Waals surface area (Å²) in [4.78, 5) is 25.9. The molecule has 0 aromatic heterocycles. The molecule has 5 nitrogen and oxygen atoms in total. The van der Waals surface area contributed by atoms with Crippen LogP contribution in [0.25, 0.3) is 0 Å². The molecule has 0 spiro atoms. The molecule has 0 aliphatic carbocycles. The van der Waals surface area contributed by atoms with Crippen molar-refractivity contribution >= 4 is 34.8 Å². The fraction of sp³-hybridized carbons (Fsp3) is 0.467. The summed E-state index contributed by atoms with van der Waals surface area (Å²) in [6, 6.07) is 4.74. The minimum Gasteiger partial charge on any atom is -0.399 e. The van der Waals surface area contributed by atoms with E-state index in [2.05, 4.69) is 19.2 Å². The number of amides is 2. The first-order valence-electron chi connectivity index (χ1n) is 7.02. The molecule has 2 unspecified atom stereocenters. The third-order valence-electron chi connectivity index (χ3n) is 3.59. The highest BCUT2D eigenvalue weighted by molar-refractivity contribution is 6.41. The Hall–Kier alpha value is -1.75. The van der Waals surface area contributed by atoms with E-state index in [1.807, 2.05) is 0 Å². The molecule has 6 heteroatoms. The summed E-state index contributed by atoms with van der Waals surface area (Å²) in [5, 5.41) is 2.86. The number of benzene rings is 1. The van der Waals surface area contributed by atoms with E-state index in [1.54, 1.807) is 17.0 Å². The van der Waals surface area contributed by atoms with Gasteiger partial charge in [0.1, 0.15) is 0 Å². The van der Waals surface area contributed by atoms with Gasteiger partial charge >= 0.3 is 11.8 Å². The maximum Gasteiger partial charge on any atom is 0.313 e. The molecule has 1 heterocycles. The van der Waals surface area contributed by atoms with Crippen molar-refractivity contribution in [2.75, 3.05) is 24.1 Å². The van der Waals surface area contributed by atoms with Gasteiger partial charge in [-0.05, 0) is 36.5 Å². The zero-order valence-electron chi connectivity index (χ0n) is 12.2. The third-order valence-corrected chi connectivity index (χ3v) is 3.90. The fourth-order valence-corrected chi connectivity index (χ4v) is 3.02. The molecule has 1 aliphatic heterocycles. The van der Waals surface area contributed by atoms with E-state index in [0.717, 1.165) is 6.42 Å². The standard InChI is InChI=1S/C15H20ClN3O2/c1-9-5-10(2)8-19(7-9)15(21)14(20)18-13-4-3-11(17)6-12(13)16/h3-4,6,9-10H,5,7-8,17H2,1-2H3,(H,18,20). The number of carbonyl (C=O) groups excluding carboxylic acids is 2. The van der Waals surface area contributed by atoms with Crippen molar-refractivity contribution in [3.8, 4) is 0 Å². The number of carbonyl (C=O) groups is 2. The quantitative estimate of drug-likeness (QED) is 0.617. The lowest BCUT2D eigenvalue weighted by Crippen LogP contribution is -2.47. The highest BCUT2D eigenvalue weighted by Gasteiger charge is 2.29. The normalized spacial score (nSPS) is 22.0. The topological polar surface area (TPSA) is 75.4 Å². The summed E-state index contributed by atoms with van der Waals surface area (Å²) in [5.41, 5.74) is 6.49. The Kier molecular flexibility index (Phi) is 4.73. The maximum atomic E-state index is 12.2. The van der Waals surface area contributed by atoms with Crippen molar-refractivity contribution in [1.29, 1.82) is 0 Å². The average Bonchev–Trinajstić information content (AvgIpc) is 2.40. The van der Waals surface area contributed by atoms with E-state index >= 15 is 0 Å². The SMILES string of the molecule is CC1CC(C)CN(C(=O)C(=O)Nc2ccc(N)cc2Cl)C1. The van der Waals surface area contributed by atoms with Gasteiger partial charge in [0.05, 0.1) is 10.7 Å². The van der Waals surface area contributed by atoms with Crippen LogP contribution < -0.4 is 11.1 Å². The van der Waals surface area contributed by atoms with E-state index in [0.29, 0.717) is 41.3 Å². The van der Waals surface area contributed by atoms with Crippen molar-refractivity contribution in [3.05, 3.63) is 23.2 Å². The van der Waals surface area contributed by atoms with Crippen LogP contribution in [0.3, 0.4) is 0 Å². The zero-order valence-corrected chi connectivity index (χ0v) is 13.0. The largest absolute Gasteiger partial charge is 0.399 e. The number of likely N-dealkylation sites (tertiary alicyclic amines) is 1. The van der Waals surface area contributed by atoms with E-state index in [1.165, 1.54) is 6.07 Å². The summed E-state index contributed by atoms with van der Waals surface area (Å²) >= 11 is 5.99. The van der Waals surface area contributed by atoms with Gasteiger partial charge in [0, 0.05) is 18.8 Å². The Morgan fingerprint density at radius 1 is 1.29 bits per heavy atom. The van der Waals surface area contributed by atoms with Crippen LogP contribution in [0.4, 0.5) is 11.4 Å². The van der Waals surface area contributed by atoms with Gasteiger partial charge in [-0.3, -0.25) is 9.59 Å². The molecule has 0 radical (unpaired) electrons. The number of nitrogens with zero attached hydrogens (tertiary/aromatic N) is 1. The second-order valence-electron chi connectivity index (χ2n) is 5.85. The first-order valence-corrected chi connectivity index (χ1v) is 7.40. The minimum absolute atomic E-state index is 0.316. The number of nitrogen functional groups attached to an aromatic ring is 1. The number of nitrogens with one attached hydrogen (secondary N) is 1. The number of hydrogen-bond donors (Lipinski definition) is 2. The summed E-state index contributed by atoms with van der Waals surface area (Å²) in [6.45, 7) is 5.41. The summed E-state index contributed by atoms with van der Waals surface area (Å²) in [5.74, 6) is -0.361. The van der Waals surface area contributed by atoms with Crippen molar-refractivity contribution in [3.63, 3.8) is 0 Å². The third kappa shape index (κ3) is 3.88. The summed E-state index contributed by atoms with van der Waals surface area (Å²) < 4.78 is 0. The molecule has 0 saturated carbocycles. The van der Waals surface area contributed by atoms with Crippen LogP contribution >= 0.6 is 11.6 Å². The lowest BCUT2D eigenvalue weighted by Gasteiger charge is -2.34. The van der Waals surface area contributed by atoms with Crippen LogP contribution in [0.15, 0.2) is 18.2 Å². The Morgan fingerprint density at radius 3 is 2.48 bits per heavy atom. The Balaban J connectivity index is 2.04. The maximum absolute atomic E-state index is 12.2. The van der Waals surface area contributed by atoms with Crippen LogP contribution in [-0.4, -0.2) is 29.8 Å². The number of nitrogens with two attached hydrogens (primary N) is 1. The molecule has 1 aliphatic rings. The Labute approximate surface area is 129 Å². The molecule has 2 amide bonds. The van der Waals surface area contributed by atoms with Crippen LogP contribution in [0.2, 0.25) is 5.02 Å². The van der Waals surface area contributed by atoms with E-state index in [4.69, 9.17) is 17.3 Å². The highest BCUT2D eigenvalue weighted by atomic mass is 35.5. The second kappa shape index (κ2) is 6.35. The van der Waals surface area contributed by atoms with Crippen molar-refractivity contribution in [2.24, 2.45) is 11.8 Å². The lowest BCUT2D eigenvalue weighted by atomic mass is 9.92. The van der Waals surface area contributed by atoms with Gasteiger partial charge in [0.25, 0.3) is 0 Å². The predicted octanol–water partition coefficient (Wildman–Crippen LogP) is 2.37. The smallest absolute Gasteiger partial charge is 0.313 e. The molecule has 21 heavy (non-hydrogen) atoms. The van der Waals surface area contributed by atoms with Crippen molar-refractivity contribution in [1.82, 2.24) is 4.90 Å². The summed E-state index contributed by atoms with van der Waals surface area (Å²) in [6.07, 6.45) is 1.08. The van der Waals surface area contributed by atoms with E-state index in [-0.39, 0.29) is 0 Å². The molecule has 2 rings (SSSR count). The van der Waals surface area contributed by atoms with Crippen LogP contribution in [0, 0.1) is 11.8 Å². The monoisotopic (exact) mass is 309 g/mol. The van der Waals surface area contributed by atoms with Crippen molar-refractivity contribution < 1.29 is 9.59 Å². The molecule has 1 fully saturated rings. The number of rotatable bonds is 1. The highest BCUT2D eigenvalue weighted by Crippen LogP contribution is 2.25. The van der Waals surface area contributed by atoms with Crippen LogP contribution in [0.1, 0.15) is 20.3 Å². The summed E-state index contributed by atoms with van der Waals surface area (Å²) in [7, 11) is 0. The van der Waals surface area contributed by atoms with Crippen molar-refractivity contribution in [2.45, 2.75) is 20.3 Å². The van der Waals surface area contributed by atoms with Gasteiger partial charge in [-0.1, -0.05) is 25.4 Å². The first kappa shape index (κ1) is 15.6. The molecule has 114 valence electrons. The molecular formula is C15H20ClN3O2. The molecule has 0 bridgehead atoms. The Morgan fingerprint density at radius 2 is 1.90 bits per heavy atom. The van der Waals surface area contributed by atoms with Gasteiger partial charge in [-0.25, -0.2) is 0 Å². The number of anilines is 2. The zero-order chi connectivity index (χ0) is 15.6. The van der Waals surface area contributed by atoms with Gasteiger partial charge < -0.3 is 16.0 Å². The average molecular weight is 310 g/mol. The molecule has 1 saturated heterocycles. The minimum atomic E-state index is -0.664. The van der Waals surface area contributed by atoms with Gasteiger partial charge in [0.15, 0.2) is 0 Å².